The topological polar surface area (TPSA) is 83.1 Å². The van der Waals surface area contributed by atoms with Crippen LogP contribution in [-0.4, -0.2) is 30.4 Å². The fourth-order valence-corrected chi connectivity index (χ4v) is 4.11. The van der Waals surface area contributed by atoms with Crippen LogP contribution in [0.1, 0.15) is 0 Å². The first-order chi connectivity index (χ1) is 12.7. The smallest absolute Gasteiger partial charge is 0.219 e. The maximum atomic E-state index is 6.18. The van der Waals surface area contributed by atoms with Crippen molar-refractivity contribution in [1.29, 1.82) is 0 Å². The molecular formula is C16H10Cl2N6S2. The summed E-state index contributed by atoms with van der Waals surface area (Å²) in [5, 5.41) is 16.5. The van der Waals surface area contributed by atoms with Gasteiger partial charge in [0, 0.05) is 11.1 Å². The van der Waals surface area contributed by atoms with Crippen LogP contribution in [0.4, 0.5) is 0 Å². The van der Waals surface area contributed by atoms with Gasteiger partial charge in [-0.25, -0.2) is 9.97 Å². The van der Waals surface area contributed by atoms with Crippen LogP contribution in [-0.2, 0) is 0 Å². The van der Waals surface area contributed by atoms with Gasteiger partial charge in [0.2, 0.25) is 10.3 Å². The third-order valence-electron chi connectivity index (χ3n) is 3.38. The Bertz CT molecular complexity index is 965. The SMILES string of the molecule is Clc1ccccc1-c1nc(SSc2n[nH]c(-c3ccccc3Cl)n2)n[nH]1. The van der Waals surface area contributed by atoms with Gasteiger partial charge >= 0.3 is 0 Å². The fraction of sp³-hybridized carbons (Fsp3) is 0. The molecule has 0 saturated heterocycles. The highest BCUT2D eigenvalue weighted by Crippen LogP contribution is 2.35. The number of H-pyrrole nitrogens is 2. The molecule has 2 heterocycles. The minimum atomic E-state index is 0.564. The molecule has 0 aliphatic heterocycles. The highest BCUT2D eigenvalue weighted by molar-refractivity contribution is 8.76. The van der Waals surface area contributed by atoms with Gasteiger partial charge in [-0.2, -0.15) is 0 Å². The molecule has 2 N–H and O–H groups in total. The molecule has 0 unspecified atom stereocenters. The lowest BCUT2D eigenvalue weighted by Gasteiger charge is -1.97. The van der Waals surface area contributed by atoms with Crippen molar-refractivity contribution in [1.82, 2.24) is 30.4 Å². The van der Waals surface area contributed by atoms with Crippen LogP contribution in [0, 0.1) is 0 Å². The van der Waals surface area contributed by atoms with Crippen molar-refractivity contribution in [3.8, 4) is 22.8 Å². The van der Waals surface area contributed by atoms with Gasteiger partial charge in [0.1, 0.15) is 0 Å². The van der Waals surface area contributed by atoms with Crippen LogP contribution in [0.5, 0.6) is 0 Å². The van der Waals surface area contributed by atoms with E-state index in [0.717, 1.165) is 11.1 Å². The largest absolute Gasteiger partial charge is 0.258 e. The number of nitrogens with zero attached hydrogens (tertiary/aromatic N) is 4. The molecule has 26 heavy (non-hydrogen) atoms. The normalized spacial score (nSPS) is 11.0. The molecular weight excluding hydrogens is 411 g/mol. The van der Waals surface area contributed by atoms with Crippen LogP contribution in [0.2, 0.25) is 10.0 Å². The van der Waals surface area contributed by atoms with Gasteiger partial charge in [0.05, 0.1) is 10.0 Å². The van der Waals surface area contributed by atoms with Gasteiger partial charge in [-0.05, 0) is 45.9 Å². The van der Waals surface area contributed by atoms with Crippen LogP contribution in [0.3, 0.4) is 0 Å². The molecule has 0 aliphatic rings. The average Bonchev–Trinajstić information content (AvgIpc) is 3.30. The fourth-order valence-electron chi connectivity index (χ4n) is 2.19. The second-order valence-electron chi connectivity index (χ2n) is 5.06. The van der Waals surface area contributed by atoms with Crippen LogP contribution < -0.4 is 0 Å². The molecule has 130 valence electrons. The first kappa shape index (κ1) is 17.4. The monoisotopic (exact) mass is 420 g/mol. The summed E-state index contributed by atoms with van der Waals surface area (Å²) in [6.45, 7) is 0. The predicted molar refractivity (Wildman–Crippen MR) is 105 cm³/mol. The van der Waals surface area contributed by atoms with E-state index in [2.05, 4.69) is 30.4 Å². The minimum Gasteiger partial charge on any atom is -0.258 e. The van der Waals surface area contributed by atoms with E-state index < -0.39 is 0 Å². The number of benzene rings is 2. The van der Waals surface area contributed by atoms with Gasteiger partial charge < -0.3 is 0 Å². The zero-order chi connectivity index (χ0) is 17.9. The number of halogens is 2. The summed E-state index contributed by atoms with van der Waals surface area (Å²) in [6, 6.07) is 14.9. The Morgan fingerprint density at radius 3 is 1.50 bits per heavy atom. The van der Waals surface area contributed by atoms with Gasteiger partial charge in [0.25, 0.3) is 0 Å². The zero-order valence-corrected chi connectivity index (χ0v) is 16.1. The van der Waals surface area contributed by atoms with Crippen LogP contribution in [0.15, 0.2) is 58.8 Å². The summed E-state index contributed by atoms with van der Waals surface area (Å²) in [7, 11) is 2.70. The predicted octanol–water partition coefficient (Wildman–Crippen LogP) is 5.36. The maximum Gasteiger partial charge on any atom is 0.219 e. The number of rotatable bonds is 5. The molecule has 0 atom stereocenters. The van der Waals surface area contributed by atoms with Crippen molar-refractivity contribution in [3.63, 3.8) is 0 Å². The second-order valence-corrected chi connectivity index (χ2v) is 7.94. The summed E-state index contributed by atoms with van der Waals surface area (Å²) in [5.74, 6) is 1.23. The van der Waals surface area contributed by atoms with E-state index in [9.17, 15) is 0 Å². The summed E-state index contributed by atoms with van der Waals surface area (Å²) in [4.78, 5) is 8.88. The molecule has 0 radical (unpaired) electrons. The summed E-state index contributed by atoms with van der Waals surface area (Å²) in [5.41, 5.74) is 1.61. The number of aromatic amines is 2. The lowest BCUT2D eigenvalue weighted by Crippen LogP contribution is -1.81. The quantitative estimate of drug-likeness (QED) is 0.422. The third-order valence-corrected chi connectivity index (χ3v) is 5.93. The molecule has 0 amide bonds. The molecule has 0 spiro atoms. The average molecular weight is 421 g/mol. The van der Waals surface area contributed by atoms with Crippen molar-refractivity contribution < 1.29 is 0 Å². The molecule has 2 aromatic heterocycles. The van der Waals surface area contributed by atoms with E-state index in [-0.39, 0.29) is 0 Å². The van der Waals surface area contributed by atoms with E-state index in [4.69, 9.17) is 23.2 Å². The highest BCUT2D eigenvalue weighted by atomic mass is 35.5. The molecule has 4 rings (SSSR count). The van der Waals surface area contributed by atoms with Crippen molar-refractivity contribution in [3.05, 3.63) is 58.6 Å². The molecule has 10 heteroatoms. The van der Waals surface area contributed by atoms with Crippen molar-refractivity contribution >= 4 is 44.8 Å². The first-order valence-electron chi connectivity index (χ1n) is 7.40. The summed E-state index contributed by atoms with van der Waals surface area (Å²) >= 11 is 12.4. The first-order valence-corrected chi connectivity index (χ1v) is 10.3. The van der Waals surface area contributed by atoms with Gasteiger partial charge in [0.15, 0.2) is 11.6 Å². The molecule has 2 aromatic carbocycles. The summed E-state index contributed by atoms with van der Waals surface area (Å²) < 4.78 is 0. The lowest BCUT2D eigenvalue weighted by atomic mass is 10.2. The Balaban J connectivity index is 1.46. The Kier molecular flexibility index (Phi) is 5.16. The third kappa shape index (κ3) is 3.73. The number of nitrogens with one attached hydrogen (secondary N) is 2. The molecule has 0 bridgehead atoms. The second kappa shape index (κ2) is 7.71. The van der Waals surface area contributed by atoms with Crippen molar-refractivity contribution in [2.24, 2.45) is 0 Å². The van der Waals surface area contributed by atoms with E-state index in [0.29, 0.717) is 32.0 Å². The molecule has 4 aromatic rings. The Morgan fingerprint density at radius 1 is 0.654 bits per heavy atom. The maximum absolute atomic E-state index is 6.18. The standard InChI is InChI=1S/C16H10Cl2N6S2/c17-11-7-3-1-5-9(11)13-19-15(23-21-13)25-26-16-20-14(22-24-16)10-6-2-4-8-12(10)18/h1-8H,(H,19,21,23)(H,20,22,24). The summed E-state index contributed by atoms with van der Waals surface area (Å²) in [6.07, 6.45) is 0. The Labute approximate surface area is 166 Å². The van der Waals surface area contributed by atoms with E-state index in [1.807, 2.05) is 48.5 Å². The van der Waals surface area contributed by atoms with Crippen LogP contribution >= 0.6 is 44.8 Å². The highest BCUT2D eigenvalue weighted by Gasteiger charge is 2.13. The van der Waals surface area contributed by atoms with Crippen LogP contribution in [0.25, 0.3) is 22.8 Å². The zero-order valence-electron chi connectivity index (χ0n) is 13.0. The van der Waals surface area contributed by atoms with Gasteiger partial charge in [-0.3, -0.25) is 10.2 Å². The van der Waals surface area contributed by atoms with Crippen molar-refractivity contribution in [2.45, 2.75) is 10.3 Å². The Hall–Kier alpha value is -2.00. The minimum absolute atomic E-state index is 0.564. The molecule has 0 aliphatic carbocycles. The number of hydrogen-bond donors (Lipinski definition) is 2. The number of hydrogen-bond acceptors (Lipinski definition) is 6. The Morgan fingerprint density at radius 2 is 1.08 bits per heavy atom. The van der Waals surface area contributed by atoms with Gasteiger partial charge in [-0.15, -0.1) is 10.2 Å². The van der Waals surface area contributed by atoms with E-state index in [1.165, 1.54) is 21.6 Å². The van der Waals surface area contributed by atoms with E-state index >= 15 is 0 Å². The molecule has 0 saturated carbocycles. The lowest BCUT2D eigenvalue weighted by molar-refractivity contribution is 0.973. The molecule has 0 fully saturated rings. The number of aromatic nitrogens is 6. The van der Waals surface area contributed by atoms with Gasteiger partial charge in [-0.1, -0.05) is 47.5 Å². The van der Waals surface area contributed by atoms with Crippen molar-refractivity contribution in [2.75, 3.05) is 0 Å². The molecule has 6 nitrogen and oxygen atoms in total. The van der Waals surface area contributed by atoms with E-state index in [1.54, 1.807) is 0 Å².